The van der Waals surface area contributed by atoms with E-state index in [9.17, 15) is 8.78 Å². The fraction of sp³-hybridized carbons (Fsp3) is 0.571. The second kappa shape index (κ2) is 4.40. The van der Waals surface area contributed by atoms with Gasteiger partial charge in [-0.3, -0.25) is 4.99 Å². The lowest BCUT2D eigenvalue weighted by atomic mass is 10.2. The lowest BCUT2D eigenvalue weighted by Gasteiger charge is -2.14. The van der Waals surface area contributed by atoms with Crippen LogP contribution in [0.3, 0.4) is 0 Å². The smallest absolute Gasteiger partial charge is 0.344 e. The lowest BCUT2D eigenvalue weighted by Crippen LogP contribution is -2.25. The lowest BCUT2D eigenvalue weighted by molar-refractivity contribution is 0.132. The van der Waals surface area contributed by atoms with E-state index in [1.54, 1.807) is 13.8 Å². The summed E-state index contributed by atoms with van der Waals surface area (Å²) in [5, 5.41) is -1.05. The fourth-order valence-corrected chi connectivity index (χ4v) is 0.882. The molecule has 0 spiro atoms. The molecule has 0 rings (SSSR count). The van der Waals surface area contributed by atoms with Crippen molar-refractivity contribution in [3.63, 3.8) is 0 Å². The molecule has 2 nitrogen and oxygen atoms in total. The molecule has 5 heteroatoms. The molecule has 0 aromatic carbocycles. The minimum atomic E-state index is -3.36. The first-order valence-electron chi connectivity index (χ1n) is 3.31. The van der Waals surface area contributed by atoms with Crippen molar-refractivity contribution < 1.29 is 8.78 Å². The highest BCUT2D eigenvalue weighted by atomic mass is 35.5. The van der Waals surface area contributed by atoms with E-state index in [1.807, 2.05) is 0 Å². The Kier molecular flexibility index (Phi) is 4.17. The standard InChI is InChI=1S/C7H11ClF2N2/c1-5(2)6(7(8,9)10)12-4-11-3/h4H,1-3H3,(H,11,12). The molecule has 0 saturated heterocycles. The number of hydrogen-bond acceptors (Lipinski definition) is 1. The maximum Gasteiger partial charge on any atom is 0.362 e. The van der Waals surface area contributed by atoms with Crippen molar-refractivity contribution in [2.45, 2.75) is 19.2 Å². The van der Waals surface area contributed by atoms with Gasteiger partial charge in [-0.05, 0) is 31.0 Å². The van der Waals surface area contributed by atoms with Crippen molar-refractivity contribution in [3.05, 3.63) is 11.3 Å². The molecule has 0 aliphatic rings. The number of nitrogens with one attached hydrogen (secondary N) is 1. The summed E-state index contributed by atoms with van der Waals surface area (Å²) in [5.41, 5.74) is 0.102. The molecule has 0 saturated carbocycles. The molecule has 0 fully saturated rings. The van der Waals surface area contributed by atoms with Crippen LogP contribution in [0.5, 0.6) is 0 Å². The summed E-state index contributed by atoms with van der Waals surface area (Å²) < 4.78 is 25.1. The summed E-state index contributed by atoms with van der Waals surface area (Å²) in [6.07, 6.45) is 1.17. The summed E-state index contributed by atoms with van der Waals surface area (Å²) in [6, 6.07) is 0. The Morgan fingerprint density at radius 3 is 2.25 bits per heavy atom. The van der Waals surface area contributed by atoms with E-state index in [0.717, 1.165) is 0 Å². The van der Waals surface area contributed by atoms with Gasteiger partial charge in [0.05, 0.1) is 6.34 Å². The highest BCUT2D eigenvalue weighted by Crippen LogP contribution is 2.28. The number of rotatable bonds is 3. The molecule has 0 radical (unpaired) electrons. The SMILES string of the molecule is CN=CNC(=C(C)C)C(F)(F)Cl. The van der Waals surface area contributed by atoms with Gasteiger partial charge in [-0.2, -0.15) is 8.78 Å². The Morgan fingerprint density at radius 2 is 2.00 bits per heavy atom. The maximum atomic E-state index is 12.5. The van der Waals surface area contributed by atoms with Crippen LogP contribution in [-0.4, -0.2) is 18.8 Å². The van der Waals surface area contributed by atoms with E-state index in [1.165, 1.54) is 13.4 Å². The zero-order valence-corrected chi connectivity index (χ0v) is 7.91. The van der Waals surface area contributed by atoms with Crippen LogP contribution < -0.4 is 5.32 Å². The molecule has 0 amide bonds. The molecule has 0 aromatic heterocycles. The summed E-state index contributed by atoms with van der Waals surface area (Å²) in [4.78, 5) is 3.51. The van der Waals surface area contributed by atoms with E-state index >= 15 is 0 Å². The van der Waals surface area contributed by atoms with Crippen LogP contribution in [0.25, 0.3) is 0 Å². The van der Waals surface area contributed by atoms with Crippen molar-refractivity contribution in [2.75, 3.05) is 7.05 Å². The number of aliphatic imine (C=N–C) groups is 1. The van der Waals surface area contributed by atoms with Crippen LogP contribution in [0.2, 0.25) is 0 Å². The molecule has 0 unspecified atom stereocenters. The maximum absolute atomic E-state index is 12.5. The molecule has 0 aliphatic carbocycles. The third-order valence-corrected chi connectivity index (χ3v) is 1.31. The summed E-state index contributed by atoms with van der Waals surface area (Å²) in [7, 11) is 1.47. The quantitative estimate of drug-likeness (QED) is 0.418. The minimum Gasteiger partial charge on any atom is -0.344 e. The van der Waals surface area contributed by atoms with Crippen molar-refractivity contribution in [1.29, 1.82) is 0 Å². The fourth-order valence-electron chi connectivity index (χ4n) is 0.639. The zero-order chi connectivity index (χ0) is 9.78. The first-order chi connectivity index (χ1) is 5.39. The molecule has 0 aromatic rings. The van der Waals surface area contributed by atoms with Crippen LogP contribution in [0, 0.1) is 0 Å². The Morgan fingerprint density at radius 1 is 1.50 bits per heavy atom. The van der Waals surface area contributed by atoms with Gasteiger partial charge in [0.15, 0.2) is 0 Å². The van der Waals surface area contributed by atoms with Crippen LogP contribution in [0.4, 0.5) is 8.78 Å². The number of alkyl halides is 3. The number of allylic oxidation sites excluding steroid dienone is 2. The van der Waals surface area contributed by atoms with E-state index in [4.69, 9.17) is 11.6 Å². The molecule has 1 N–H and O–H groups in total. The predicted octanol–water partition coefficient (Wildman–Crippen LogP) is 2.36. The minimum absolute atomic E-state index is 0.324. The first-order valence-corrected chi connectivity index (χ1v) is 3.69. The van der Waals surface area contributed by atoms with Crippen molar-refractivity contribution in [2.24, 2.45) is 4.99 Å². The van der Waals surface area contributed by atoms with Gasteiger partial charge in [-0.25, -0.2) is 0 Å². The molecular weight excluding hydrogens is 186 g/mol. The summed E-state index contributed by atoms with van der Waals surface area (Å²) in [6.45, 7) is 3.09. The molecule has 0 bridgehead atoms. The highest BCUT2D eigenvalue weighted by molar-refractivity contribution is 6.23. The Balaban J connectivity index is 4.60. The average molecular weight is 197 g/mol. The van der Waals surface area contributed by atoms with Crippen LogP contribution in [0.1, 0.15) is 13.8 Å². The Hall–Kier alpha value is -0.640. The van der Waals surface area contributed by atoms with Gasteiger partial charge in [0.1, 0.15) is 5.70 Å². The number of hydrogen-bond donors (Lipinski definition) is 1. The van der Waals surface area contributed by atoms with Crippen LogP contribution in [0.15, 0.2) is 16.3 Å². The van der Waals surface area contributed by atoms with Gasteiger partial charge >= 0.3 is 5.38 Å². The van der Waals surface area contributed by atoms with Gasteiger partial charge in [-0.15, -0.1) is 0 Å². The van der Waals surface area contributed by atoms with Crippen molar-refractivity contribution in [3.8, 4) is 0 Å². The topological polar surface area (TPSA) is 24.4 Å². The van der Waals surface area contributed by atoms with E-state index in [2.05, 4.69) is 10.3 Å². The van der Waals surface area contributed by atoms with Gasteiger partial charge in [0.2, 0.25) is 0 Å². The third kappa shape index (κ3) is 3.67. The van der Waals surface area contributed by atoms with Gasteiger partial charge in [0, 0.05) is 7.05 Å². The van der Waals surface area contributed by atoms with Gasteiger partial charge in [0.25, 0.3) is 0 Å². The number of nitrogens with zero attached hydrogens (tertiary/aromatic N) is 1. The molecular formula is C7H11ClF2N2. The monoisotopic (exact) mass is 196 g/mol. The van der Waals surface area contributed by atoms with E-state index < -0.39 is 5.38 Å². The molecule has 70 valence electrons. The van der Waals surface area contributed by atoms with Gasteiger partial charge in [-0.1, -0.05) is 0 Å². The molecule has 12 heavy (non-hydrogen) atoms. The highest BCUT2D eigenvalue weighted by Gasteiger charge is 2.31. The molecule has 0 atom stereocenters. The largest absolute Gasteiger partial charge is 0.362 e. The number of halogens is 3. The van der Waals surface area contributed by atoms with E-state index in [-0.39, 0.29) is 5.70 Å². The molecule has 0 heterocycles. The second-order valence-electron chi connectivity index (χ2n) is 2.40. The second-order valence-corrected chi connectivity index (χ2v) is 2.88. The summed E-state index contributed by atoms with van der Waals surface area (Å²) in [5.74, 6) is 0. The average Bonchev–Trinajstić information content (AvgIpc) is 1.84. The molecule has 0 aliphatic heterocycles. The normalized spacial score (nSPS) is 11.8. The first kappa shape index (κ1) is 11.4. The van der Waals surface area contributed by atoms with E-state index in [0.29, 0.717) is 5.57 Å². The predicted molar refractivity (Wildman–Crippen MR) is 46.7 cm³/mol. The summed E-state index contributed by atoms with van der Waals surface area (Å²) >= 11 is 4.81. The Labute approximate surface area is 75.3 Å². The zero-order valence-electron chi connectivity index (χ0n) is 7.16. The Bertz CT molecular complexity index is 202. The van der Waals surface area contributed by atoms with Crippen LogP contribution in [-0.2, 0) is 0 Å². The van der Waals surface area contributed by atoms with Gasteiger partial charge < -0.3 is 5.32 Å². The van der Waals surface area contributed by atoms with Crippen LogP contribution >= 0.6 is 11.6 Å². The third-order valence-electron chi connectivity index (χ3n) is 1.12. The van der Waals surface area contributed by atoms with Crippen molar-refractivity contribution >= 4 is 17.9 Å². The van der Waals surface area contributed by atoms with Crippen molar-refractivity contribution in [1.82, 2.24) is 5.32 Å².